The summed E-state index contributed by atoms with van der Waals surface area (Å²) >= 11 is 3.31. The highest BCUT2D eigenvalue weighted by molar-refractivity contribution is 9.10. The van der Waals surface area contributed by atoms with Crippen LogP contribution in [-0.4, -0.2) is 42.3 Å². The number of methoxy groups -OCH3 is 1. The number of benzene rings is 1. The molecule has 1 saturated heterocycles. The molecule has 2 N–H and O–H groups in total. The molecule has 2 rings (SSSR count). The van der Waals surface area contributed by atoms with E-state index in [1.54, 1.807) is 0 Å². The molecule has 19 heavy (non-hydrogen) atoms. The van der Waals surface area contributed by atoms with Crippen molar-refractivity contribution < 1.29 is 14.6 Å². The Balaban J connectivity index is 1.91. The second kappa shape index (κ2) is 6.25. The Morgan fingerprint density at radius 3 is 3.16 bits per heavy atom. The molecule has 1 heterocycles. The van der Waals surface area contributed by atoms with E-state index in [-0.39, 0.29) is 11.8 Å². The molecular formula is C13H17BrN2O3. The number of amides is 1. The molecule has 1 unspecified atom stereocenters. The van der Waals surface area contributed by atoms with Crippen LogP contribution in [0.1, 0.15) is 12.0 Å². The van der Waals surface area contributed by atoms with Gasteiger partial charge in [0.25, 0.3) is 0 Å². The van der Waals surface area contributed by atoms with Crippen LogP contribution in [0.2, 0.25) is 0 Å². The summed E-state index contributed by atoms with van der Waals surface area (Å²) in [6.07, 6.45) is 0.501. The van der Waals surface area contributed by atoms with E-state index in [9.17, 15) is 9.90 Å². The minimum Gasteiger partial charge on any atom is -0.506 e. The highest BCUT2D eigenvalue weighted by atomic mass is 79.9. The molecule has 1 aliphatic heterocycles. The van der Waals surface area contributed by atoms with Gasteiger partial charge in [-0.1, -0.05) is 12.1 Å². The SMILES string of the molecule is COC(=O)NC1CCN(Cc2cccc(Br)c2O)C1. The third-order valence-electron chi connectivity index (χ3n) is 3.24. The summed E-state index contributed by atoms with van der Waals surface area (Å²) in [5, 5.41) is 12.7. The third kappa shape index (κ3) is 3.61. The van der Waals surface area contributed by atoms with Gasteiger partial charge in [0.1, 0.15) is 5.75 Å². The standard InChI is InChI=1S/C13H17BrN2O3/c1-19-13(18)15-10-5-6-16(8-10)7-9-3-2-4-11(14)12(9)17/h2-4,10,17H,5-8H2,1H3,(H,15,18). The van der Waals surface area contributed by atoms with Gasteiger partial charge in [-0.2, -0.15) is 0 Å². The molecule has 1 aliphatic rings. The number of halogens is 1. The van der Waals surface area contributed by atoms with E-state index in [1.165, 1.54) is 7.11 Å². The van der Waals surface area contributed by atoms with E-state index in [0.29, 0.717) is 11.0 Å². The average Bonchev–Trinajstić information content (AvgIpc) is 2.82. The number of phenols is 1. The van der Waals surface area contributed by atoms with Crippen LogP contribution in [0.4, 0.5) is 4.79 Å². The Kier molecular flexibility index (Phi) is 4.66. The van der Waals surface area contributed by atoms with Gasteiger partial charge in [-0.25, -0.2) is 4.79 Å². The molecule has 1 atom stereocenters. The topological polar surface area (TPSA) is 61.8 Å². The average molecular weight is 329 g/mol. The summed E-state index contributed by atoms with van der Waals surface area (Å²) in [7, 11) is 1.36. The number of alkyl carbamates (subject to hydrolysis) is 1. The van der Waals surface area contributed by atoms with Crippen molar-refractivity contribution in [2.24, 2.45) is 0 Å². The monoisotopic (exact) mass is 328 g/mol. The molecule has 1 amide bonds. The summed E-state index contributed by atoms with van der Waals surface area (Å²) in [5.41, 5.74) is 0.882. The van der Waals surface area contributed by atoms with Gasteiger partial charge in [-0.05, 0) is 28.4 Å². The first kappa shape index (κ1) is 14.1. The Morgan fingerprint density at radius 2 is 2.42 bits per heavy atom. The molecular weight excluding hydrogens is 312 g/mol. The number of nitrogens with zero attached hydrogens (tertiary/aromatic N) is 1. The van der Waals surface area contributed by atoms with Gasteiger partial charge in [-0.15, -0.1) is 0 Å². The van der Waals surface area contributed by atoms with Crippen LogP contribution >= 0.6 is 15.9 Å². The van der Waals surface area contributed by atoms with Crippen LogP contribution in [0.15, 0.2) is 22.7 Å². The van der Waals surface area contributed by atoms with Gasteiger partial charge in [0.15, 0.2) is 0 Å². The first-order valence-electron chi connectivity index (χ1n) is 6.13. The first-order chi connectivity index (χ1) is 9.10. The quantitative estimate of drug-likeness (QED) is 0.891. The molecule has 0 bridgehead atoms. The molecule has 0 saturated carbocycles. The lowest BCUT2D eigenvalue weighted by Gasteiger charge is -2.17. The lowest BCUT2D eigenvalue weighted by atomic mass is 10.2. The zero-order valence-electron chi connectivity index (χ0n) is 10.7. The molecule has 0 spiro atoms. The zero-order valence-corrected chi connectivity index (χ0v) is 12.3. The van der Waals surface area contributed by atoms with Crippen molar-refractivity contribution in [3.63, 3.8) is 0 Å². The number of rotatable bonds is 3. The van der Waals surface area contributed by atoms with Crippen LogP contribution in [0.5, 0.6) is 5.75 Å². The lowest BCUT2D eigenvalue weighted by Crippen LogP contribution is -2.36. The number of ether oxygens (including phenoxy) is 1. The van der Waals surface area contributed by atoms with Crippen LogP contribution in [-0.2, 0) is 11.3 Å². The first-order valence-corrected chi connectivity index (χ1v) is 6.92. The molecule has 0 aromatic heterocycles. The molecule has 0 radical (unpaired) electrons. The van der Waals surface area contributed by atoms with Crippen molar-refractivity contribution in [1.82, 2.24) is 10.2 Å². The van der Waals surface area contributed by atoms with Crippen LogP contribution in [0, 0.1) is 0 Å². The fourth-order valence-corrected chi connectivity index (χ4v) is 2.66. The van der Waals surface area contributed by atoms with Gasteiger partial charge in [0.2, 0.25) is 0 Å². The molecule has 104 valence electrons. The fourth-order valence-electron chi connectivity index (χ4n) is 2.25. The van der Waals surface area contributed by atoms with Gasteiger partial charge in [-0.3, -0.25) is 4.90 Å². The second-order valence-corrected chi connectivity index (χ2v) is 5.46. The smallest absolute Gasteiger partial charge is 0.407 e. The summed E-state index contributed by atoms with van der Waals surface area (Å²) in [5.74, 6) is 0.284. The molecule has 1 fully saturated rings. The van der Waals surface area contributed by atoms with Gasteiger partial charge >= 0.3 is 6.09 Å². The number of carbonyl (C=O) groups is 1. The maximum atomic E-state index is 11.1. The van der Waals surface area contributed by atoms with Crippen molar-refractivity contribution in [3.05, 3.63) is 28.2 Å². The van der Waals surface area contributed by atoms with Crippen LogP contribution < -0.4 is 5.32 Å². The van der Waals surface area contributed by atoms with E-state index in [4.69, 9.17) is 0 Å². The minimum absolute atomic E-state index is 0.113. The van der Waals surface area contributed by atoms with Crippen LogP contribution in [0.3, 0.4) is 0 Å². The summed E-state index contributed by atoms with van der Waals surface area (Å²) in [4.78, 5) is 13.3. The molecule has 1 aromatic rings. The van der Waals surface area contributed by atoms with E-state index in [2.05, 4.69) is 30.9 Å². The summed E-state index contributed by atoms with van der Waals surface area (Å²) < 4.78 is 5.29. The predicted molar refractivity (Wildman–Crippen MR) is 75.0 cm³/mol. The lowest BCUT2D eigenvalue weighted by molar-refractivity contribution is 0.166. The number of nitrogens with one attached hydrogen (secondary N) is 1. The molecule has 5 nitrogen and oxygen atoms in total. The number of aromatic hydroxyl groups is 1. The predicted octanol–water partition coefficient (Wildman–Crippen LogP) is 2.08. The van der Waals surface area contributed by atoms with Crippen molar-refractivity contribution in [3.8, 4) is 5.75 Å². The number of para-hydroxylation sites is 1. The maximum absolute atomic E-state index is 11.1. The van der Waals surface area contributed by atoms with Crippen molar-refractivity contribution >= 4 is 22.0 Å². The number of carbonyl (C=O) groups excluding carboxylic acids is 1. The van der Waals surface area contributed by atoms with Crippen molar-refractivity contribution in [2.75, 3.05) is 20.2 Å². The van der Waals surface area contributed by atoms with Crippen molar-refractivity contribution in [1.29, 1.82) is 0 Å². The van der Waals surface area contributed by atoms with Crippen molar-refractivity contribution in [2.45, 2.75) is 19.0 Å². The number of hydrogen-bond donors (Lipinski definition) is 2. The molecule has 0 aliphatic carbocycles. The number of phenolic OH excluding ortho intramolecular Hbond substituents is 1. The molecule has 6 heteroatoms. The maximum Gasteiger partial charge on any atom is 0.407 e. The Morgan fingerprint density at radius 1 is 1.63 bits per heavy atom. The van der Waals surface area contributed by atoms with Gasteiger partial charge in [0, 0.05) is 31.2 Å². The zero-order chi connectivity index (χ0) is 13.8. The number of hydrogen-bond acceptors (Lipinski definition) is 4. The number of likely N-dealkylation sites (tertiary alicyclic amines) is 1. The van der Waals surface area contributed by atoms with Gasteiger partial charge < -0.3 is 15.2 Å². The van der Waals surface area contributed by atoms with E-state index in [0.717, 1.165) is 25.1 Å². The summed E-state index contributed by atoms with van der Waals surface area (Å²) in [6, 6.07) is 5.73. The third-order valence-corrected chi connectivity index (χ3v) is 3.88. The highest BCUT2D eigenvalue weighted by Gasteiger charge is 2.24. The Labute approximate surface area is 120 Å². The fraction of sp³-hybridized carbons (Fsp3) is 0.462. The second-order valence-electron chi connectivity index (χ2n) is 4.60. The minimum atomic E-state index is -0.392. The van der Waals surface area contributed by atoms with E-state index in [1.807, 2.05) is 18.2 Å². The van der Waals surface area contributed by atoms with E-state index >= 15 is 0 Å². The van der Waals surface area contributed by atoms with Crippen LogP contribution in [0.25, 0.3) is 0 Å². The summed E-state index contributed by atoms with van der Waals surface area (Å²) in [6.45, 7) is 2.33. The Hall–Kier alpha value is -1.27. The normalized spacial score (nSPS) is 19.4. The highest BCUT2D eigenvalue weighted by Crippen LogP contribution is 2.29. The van der Waals surface area contributed by atoms with Gasteiger partial charge in [0.05, 0.1) is 11.6 Å². The Bertz CT molecular complexity index is 467. The largest absolute Gasteiger partial charge is 0.506 e. The molecule has 1 aromatic carbocycles. The van der Waals surface area contributed by atoms with E-state index < -0.39 is 6.09 Å².